The monoisotopic (exact) mass is 253 g/mol. The lowest BCUT2D eigenvalue weighted by atomic mass is 9.78. The Balaban J connectivity index is 2.08. The van der Waals surface area contributed by atoms with E-state index in [1.807, 2.05) is 14.0 Å². The van der Waals surface area contributed by atoms with Crippen molar-refractivity contribution < 1.29 is 0 Å². The quantitative estimate of drug-likeness (QED) is 0.905. The Morgan fingerprint density at radius 3 is 2.63 bits per heavy atom. The van der Waals surface area contributed by atoms with E-state index in [-0.39, 0.29) is 0 Å². The van der Waals surface area contributed by atoms with E-state index in [4.69, 9.17) is 0 Å². The Hall–Kier alpha value is -1.90. The number of anilines is 1. The van der Waals surface area contributed by atoms with Crippen LogP contribution < -0.4 is 5.32 Å². The second-order valence-corrected chi connectivity index (χ2v) is 5.18. The van der Waals surface area contributed by atoms with Gasteiger partial charge < -0.3 is 5.32 Å². The molecule has 3 heteroatoms. The smallest absolute Gasteiger partial charge is 0.223 e. The topological polar surface area (TPSA) is 37.8 Å². The largest absolute Gasteiger partial charge is 0.357 e. The highest BCUT2D eigenvalue weighted by atomic mass is 15.1. The molecule has 1 aromatic heterocycles. The second-order valence-electron chi connectivity index (χ2n) is 5.18. The number of nitrogens with zero attached hydrogens (tertiary/aromatic N) is 2. The summed E-state index contributed by atoms with van der Waals surface area (Å²) in [4.78, 5) is 8.97. The van der Waals surface area contributed by atoms with Gasteiger partial charge in [-0.25, -0.2) is 9.97 Å². The van der Waals surface area contributed by atoms with Crippen molar-refractivity contribution in [3.05, 3.63) is 41.6 Å². The van der Waals surface area contributed by atoms with Gasteiger partial charge in [-0.05, 0) is 37.3 Å². The van der Waals surface area contributed by atoms with Gasteiger partial charge in [0, 0.05) is 18.3 Å². The van der Waals surface area contributed by atoms with Crippen LogP contribution >= 0.6 is 0 Å². The molecule has 0 bridgehead atoms. The molecular weight excluding hydrogens is 234 g/mol. The molecule has 3 rings (SSSR count). The predicted molar refractivity (Wildman–Crippen MR) is 78.3 cm³/mol. The van der Waals surface area contributed by atoms with Crippen LogP contribution in [0, 0.1) is 6.92 Å². The molecule has 1 aliphatic rings. The summed E-state index contributed by atoms with van der Waals surface area (Å²) in [5, 5.41) is 3.03. The van der Waals surface area contributed by atoms with Crippen molar-refractivity contribution in [1.29, 1.82) is 0 Å². The summed E-state index contributed by atoms with van der Waals surface area (Å²) in [6.07, 6.45) is 3.96. The Bertz CT molecular complexity index is 588. The lowest BCUT2D eigenvalue weighted by Crippen LogP contribution is -2.10. The van der Waals surface area contributed by atoms with E-state index >= 15 is 0 Å². The van der Waals surface area contributed by atoms with Crippen LogP contribution in [0.3, 0.4) is 0 Å². The van der Waals surface area contributed by atoms with E-state index in [2.05, 4.69) is 45.6 Å². The van der Waals surface area contributed by atoms with Gasteiger partial charge in [-0.1, -0.05) is 30.7 Å². The molecule has 0 aliphatic heterocycles. The molecule has 1 aliphatic carbocycles. The fourth-order valence-electron chi connectivity index (χ4n) is 2.62. The fraction of sp³-hybridized carbons (Fsp3) is 0.375. The fourth-order valence-corrected chi connectivity index (χ4v) is 2.62. The number of hydrogen-bond acceptors (Lipinski definition) is 3. The third-order valence-electron chi connectivity index (χ3n) is 3.86. The Kier molecular flexibility index (Phi) is 3.20. The van der Waals surface area contributed by atoms with E-state index in [0.717, 1.165) is 11.4 Å². The van der Waals surface area contributed by atoms with Crippen LogP contribution in [0.25, 0.3) is 11.3 Å². The molecule has 0 atom stereocenters. The summed E-state index contributed by atoms with van der Waals surface area (Å²) in [6, 6.07) is 10.7. The summed E-state index contributed by atoms with van der Waals surface area (Å²) >= 11 is 0. The van der Waals surface area contributed by atoms with Gasteiger partial charge in [0.15, 0.2) is 0 Å². The third-order valence-corrected chi connectivity index (χ3v) is 3.86. The van der Waals surface area contributed by atoms with Gasteiger partial charge in [0.25, 0.3) is 0 Å². The SMILES string of the molecule is CNc1nc(C)cc(-c2ccccc2C2CCC2)n1. The molecule has 0 radical (unpaired) electrons. The number of rotatable bonds is 3. The number of hydrogen-bond donors (Lipinski definition) is 1. The van der Waals surface area contributed by atoms with Gasteiger partial charge in [0.05, 0.1) is 5.69 Å². The molecule has 0 amide bonds. The molecule has 0 spiro atoms. The Labute approximate surface area is 114 Å². The summed E-state index contributed by atoms with van der Waals surface area (Å²) in [5.74, 6) is 1.41. The first-order chi connectivity index (χ1) is 9.28. The maximum absolute atomic E-state index is 4.60. The minimum absolute atomic E-state index is 0.693. The van der Waals surface area contributed by atoms with E-state index in [9.17, 15) is 0 Å². The highest BCUT2D eigenvalue weighted by molar-refractivity contribution is 5.66. The second kappa shape index (κ2) is 5.00. The average Bonchev–Trinajstić information content (AvgIpc) is 2.36. The molecule has 3 nitrogen and oxygen atoms in total. The predicted octanol–water partition coefficient (Wildman–Crippen LogP) is 3.76. The van der Waals surface area contributed by atoms with Crippen molar-refractivity contribution >= 4 is 5.95 Å². The van der Waals surface area contributed by atoms with E-state index in [1.165, 1.54) is 30.4 Å². The number of aryl methyl sites for hydroxylation is 1. The molecule has 1 heterocycles. The maximum Gasteiger partial charge on any atom is 0.223 e. The van der Waals surface area contributed by atoms with E-state index in [0.29, 0.717) is 11.9 Å². The van der Waals surface area contributed by atoms with Crippen LogP contribution in [0.1, 0.15) is 36.4 Å². The highest BCUT2D eigenvalue weighted by Crippen LogP contribution is 2.40. The average molecular weight is 253 g/mol. The minimum Gasteiger partial charge on any atom is -0.357 e. The van der Waals surface area contributed by atoms with Crippen molar-refractivity contribution in [2.45, 2.75) is 32.1 Å². The number of benzene rings is 1. The third kappa shape index (κ3) is 2.33. The van der Waals surface area contributed by atoms with Crippen molar-refractivity contribution in [3.8, 4) is 11.3 Å². The molecule has 1 saturated carbocycles. The summed E-state index contributed by atoms with van der Waals surface area (Å²) in [6.45, 7) is 2.01. The van der Waals surface area contributed by atoms with Gasteiger partial charge in [0.2, 0.25) is 5.95 Å². The summed E-state index contributed by atoms with van der Waals surface area (Å²) in [5.41, 5.74) is 4.72. The zero-order valence-corrected chi connectivity index (χ0v) is 11.5. The zero-order chi connectivity index (χ0) is 13.2. The van der Waals surface area contributed by atoms with Gasteiger partial charge in [-0.15, -0.1) is 0 Å². The van der Waals surface area contributed by atoms with Crippen LogP contribution in [0.2, 0.25) is 0 Å². The molecular formula is C16H19N3. The van der Waals surface area contributed by atoms with Crippen molar-refractivity contribution in [2.75, 3.05) is 12.4 Å². The number of aromatic nitrogens is 2. The van der Waals surface area contributed by atoms with Gasteiger partial charge in [-0.2, -0.15) is 0 Å². The van der Waals surface area contributed by atoms with E-state index < -0.39 is 0 Å². The van der Waals surface area contributed by atoms with Gasteiger partial charge >= 0.3 is 0 Å². The molecule has 2 aromatic rings. The highest BCUT2D eigenvalue weighted by Gasteiger charge is 2.22. The van der Waals surface area contributed by atoms with Gasteiger partial charge in [-0.3, -0.25) is 0 Å². The zero-order valence-electron chi connectivity index (χ0n) is 11.5. The van der Waals surface area contributed by atoms with E-state index in [1.54, 1.807) is 0 Å². The minimum atomic E-state index is 0.693. The van der Waals surface area contributed by atoms with Crippen molar-refractivity contribution in [1.82, 2.24) is 9.97 Å². The molecule has 1 aromatic carbocycles. The molecule has 0 unspecified atom stereocenters. The molecule has 98 valence electrons. The lowest BCUT2D eigenvalue weighted by Gasteiger charge is -2.27. The van der Waals surface area contributed by atoms with Crippen LogP contribution in [-0.2, 0) is 0 Å². The summed E-state index contributed by atoms with van der Waals surface area (Å²) in [7, 11) is 1.86. The van der Waals surface area contributed by atoms with Crippen molar-refractivity contribution in [3.63, 3.8) is 0 Å². The van der Waals surface area contributed by atoms with Crippen LogP contribution in [0.4, 0.5) is 5.95 Å². The summed E-state index contributed by atoms with van der Waals surface area (Å²) < 4.78 is 0. The normalized spacial score (nSPS) is 15.1. The first-order valence-corrected chi connectivity index (χ1v) is 6.90. The lowest BCUT2D eigenvalue weighted by molar-refractivity contribution is 0.420. The van der Waals surface area contributed by atoms with Crippen LogP contribution in [0.15, 0.2) is 30.3 Å². The van der Waals surface area contributed by atoms with Crippen LogP contribution in [0.5, 0.6) is 0 Å². The standard InChI is InChI=1S/C16H19N3/c1-11-10-15(19-16(17-2)18-11)14-9-4-3-8-13(14)12-6-5-7-12/h3-4,8-10,12H,5-7H2,1-2H3,(H,17,18,19). The molecule has 1 fully saturated rings. The number of nitrogens with one attached hydrogen (secondary N) is 1. The van der Waals surface area contributed by atoms with Gasteiger partial charge in [0.1, 0.15) is 0 Å². The molecule has 19 heavy (non-hydrogen) atoms. The molecule has 1 N–H and O–H groups in total. The maximum atomic E-state index is 4.60. The Morgan fingerprint density at radius 1 is 1.16 bits per heavy atom. The van der Waals surface area contributed by atoms with Crippen molar-refractivity contribution in [2.24, 2.45) is 0 Å². The Morgan fingerprint density at radius 2 is 1.95 bits per heavy atom. The first kappa shape index (κ1) is 12.2. The molecule has 0 saturated heterocycles. The first-order valence-electron chi connectivity index (χ1n) is 6.90. The van der Waals surface area contributed by atoms with Crippen LogP contribution in [-0.4, -0.2) is 17.0 Å².